The molecular formula is C15H12N4O. The van der Waals surface area contributed by atoms with Crippen LogP contribution in [0.5, 0.6) is 0 Å². The first-order valence-corrected chi connectivity index (χ1v) is 6.41. The largest absolute Gasteiger partial charge is 0.459 e. The fourth-order valence-electron chi connectivity index (χ4n) is 2.38. The molecule has 0 spiro atoms. The van der Waals surface area contributed by atoms with Gasteiger partial charge < -0.3 is 9.73 Å². The summed E-state index contributed by atoms with van der Waals surface area (Å²) >= 11 is 0. The molecule has 3 aromatic rings. The molecule has 5 heteroatoms. The molecule has 2 aromatic heterocycles. The maximum absolute atomic E-state index is 5.46. The smallest absolute Gasteiger partial charge is 0.194 e. The van der Waals surface area contributed by atoms with Gasteiger partial charge in [0.05, 0.1) is 12.8 Å². The van der Waals surface area contributed by atoms with Crippen LogP contribution in [0.2, 0.25) is 0 Å². The van der Waals surface area contributed by atoms with E-state index in [0.29, 0.717) is 17.2 Å². The fraction of sp³-hybridized carbons (Fsp3) is 0.133. The fourth-order valence-corrected chi connectivity index (χ4v) is 2.38. The highest BCUT2D eigenvalue weighted by atomic mass is 16.3. The SMILES string of the molecule is Cc1nc(Nc2ccc3c(c2)C=NC3)c2occc2n1. The lowest BCUT2D eigenvalue weighted by atomic mass is 10.1. The van der Waals surface area contributed by atoms with Gasteiger partial charge >= 0.3 is 0 Å². The molecule has 1 aromatic carbocycles. The number of aromatic nitrogens is 2. The van der Waals surface area contributed by atoms with Crippen molar-refractivity contribution in [3.8, 4) is 0 Å². The number of anilines is 2. The van der Waals surface area contributed by atoms with E-state index in [-0.39, 0.29) is 0 Å². The highest BCUT2D eigenvalue weighted by Crippen LogP contribution is 2.26. The molecule has 20 heavy (non-hydrogen) atoms. The van der Waals surface area contributed by atoms with E-state index in [9.17, 15) is 0 Å². The third-order valence-corrected chi connectivity index (χ3v) is 3.32. The summed E-state index contributed by atoms with van der Waals surface area (Å²) in [5.41, 5.74) is 4.84. The predicted molar refractivity (Wildman–Crippen MR) is 77.6 cm³/mol. The zero-order valence-electron chi connectivity index (χ0n) is 10.9. The second-order valence-corrected chi connectivity index (χ2v) is 4.76. The van der Waals surface area contributed by atoms with Crippen LogP contribution >= 0.6 is 0 Å². The number of aliphatic imine (C=N–C) groups is 1. The molecule has 0 bridgehead atoms. The Morgan fingerprint density at radius 2 is 2.15 bits per heavy atom. The van der Waals surface area contributed by atoms with E-state index in [2.05, 4.69) is 32.4 Å². The zero-order chi connectivity index (χ0) is 13.5. The van der Waals surface area contributed by atoms with Crippen molar-refractivity contribution in [2.24, 2.45) is 4.99 Å². The summed E-state index contributed by atoms with van der Waals surface area (Å²) in [6.07, 6.45) is 3.52. The van der Waals surface area contributed by atoms with Crippen molar-refractivity contribution >= 4 is 28.8 Å². The third-order valence-electron chi connectivity index (χ3n) is 3.32. The van der Waals surface area contributed by atoms with Crippen molar-refractivity contribution in [3.63, 3.8) is 0 Å². The highest BCUT2D eigenvalue weighted by molar-refractivity contribution is 5.88. The van der Waals surface area contributed by atoms with Crippen LogP contribution in [0.15, 0.2) is 39.9 Å². The Balaban J connectivity index is 1.77. The molecule has 98 valence electrons. The average molecular weight is 264 g/mol. The van der Waals surface area contributed by atoms with Gasteiger partial charge in [0.1, 0.15) is 11.3 Å². The lowest BCUT2D eigenvalue weighted by Crippen LogP contribution is -1.98. The Hall–Kier alpha value is -2.69. The number of fused-ring (bicyclic) bond motifs is 2. The summed E-state index contributed by atoms with van der Waals surface area (Å²) in [4.78, 5) is 13.0. The molecule has 3 heterocycles. The summed E-state index contributed by atoms with van der Waals surface area (Å²) in [5.74, 6) is 1.40. The minimum atomic E-state index is 0.671. The van der Waals surface area contributed by atoms with Gasteiger partial charge in [0, 0.05) is 18.0 Å². The lowest BCUT2D eigenvalue weighted by Gasteiger charge is -2.08. The van der Waals surface area contributed by atoms with Gasteiger partial charge in [-0.05, 0) is 30.2 Å². The Bertz CT molecular complexity index is 835. The number of nitrogens with one attached hydrogen (secondary N) is 1. The number of nitrogens with zero attached hydrogens (tertiary/aromatic N) is 3. The summed E-state index contributed by atoms with van der Waals surface area (Å²) in [5, 5.41) is 3.30. The van der Waals surface area contributed by atoms with Crippen LogP contribution in [0.4, 0.5) is 11.5 Å². The number of benzene rings is 1. The molecule has 5 nitrogen and oxygen atoms in total. The van der Waals surface area contributed by atoms with Crippen molar-refractivity contribution in [3.05, 3.63) is 47.5 Å². The molecule has 1 N–H and O–H groups in total. The molecule has 1 aliphatic rings. The molecule has 0 atom stereocenters. The maximum atomic E-state index is 5.46. The summed E-state index contributed by atoms with van der Waals surface area (Å²) in [7, 11) is 0. The molecule has 0 aliphatic carbocycles. The Labute approximate surface area is 115 Å². The molecule has 4 rings (SSSR count). The van der Waals surface area contributed by atoms with Crippen molar-refractivity contribution < 1.29 is 4.42 Å². The van der Waals surface area contributed by atoms with E-state index < -0.39 is 0 Å². The molecule has 0 amide bonds. The van der Waals surface area contributed by atoms with Crippen molar-refractivity contribution in [1.29, 1.82) is 0 Å². The minimum Gasteiger partial charge on any atom is -0.459 e. The normalized spacial score (nSPS) is 12.8. The molecule has 1 aliphatic heterocycles. The van der Waals surface area contributed by atoms with Crippen LogP contribution in [0, 0.1) is 6.92 Å². The van der Waals surface area contributed by atoms with E-state index in [4.69, 9.17) is 4.42 Å². The van der Waals surface area contributed by atoms with Crippen LogP contribution in [0.3, 0.4) is 0 Å². The first-order valence-electron chi connectivity index (χ1n) is 6.41. The second kappa shape index (κ2) is 4.16. The quantitative estimate of drug-likeness (QED) is 0.772. The molecular weight excluding hydrogens is 252 g/mol. The minimum absolute atomic E-state index is 0.671. The standard InChI is InChI=1S/C15H12N4O/c1-9-17-13-4-5-20-14(13)15(18-9)19-12-3-2-10-7-16-8-11(10)6-12/h2-6,8H,7H2,1H3,(H,17,18,19). The summed E-state index contributed by atoms with van der Waals surface area (Å²) in [6, 6.07) is 8.01. The van der Waals surface area contributed by atoms with Crippen LogP contribution < -0.4 is 5.32 Å². The van der Waals surface area contributed by atoms with Crippen LogP contribution in [0.1, 0.15) is 17.0 Å². The topological polar surface area (TPSA) is 63.3 Å². The molecule has 0 saturated heterocycles. The Kier molecular flexibility index (Phi) is 2.32. The van der Waals surface area contributed by atoms with Gasteiger partial charge in [-0.1, -0.05) is 6.07 Å². The monoisotopic (exact) mass is 264 g/mol. The van der Waals surface area contributed by atoms with E-state index in [1.54, 1.807) is 6.26 Å². The highest BCUT2D eigenvalue weighted by Gasteiger charge is 2.11. The number of hydrogen-bond acceptors (Lipinski definition) is 5. The second-order valence-electron chi connectivity index (χ2n) is 4.76. The lowest BCUT2D eigenvalue weighted by molar-refractivity contribution is 0.614. The summed E-state index contributed by atoms with van der Waals surface area (Å²) in [6.45, 7) is 2.64. The predicted octanol–water partition coefficient (Wildman–Crippen LogP) is 3.21. The number of furan rings is 1. The van der Waals surface area contributed by atoms with E-state index in [0.717, 1.165) is 23.3 Å². The number of rotatable bonds is 2. The van der Waals surface area contributed by atoms with Gasteiger partial charge in [-0.15, -0.1) is 0 Å². The van der Waals surface area contributed by atoms with E-state index in [1.807, 2.05) is 25.3 Å². The zero-order valence-corrected chi connectivity index (χ0v) is 10.9. The summed E-state index contributed by atoms with van der Waals surface area (Å²) < 4.78 is 5.46. The van der Waals surface area contributed by atoms with Gasteiger partial charge in [-0.25, -0.2) is 9.97 Å². The van der Waals surface area contributed by atoms with E-state index in [1.165, 1.54) is 5.56 Å². The van der Waals surface area contributed by atoms with Crippen molar-refractivity contribution in [2.45, 2.75) is 13.5 Å². The van der Waals surface area contributed by atoms with E-state index >= 15 is 0 Å². The molecule has 0 saturated carbocycles. The maximum Gasteiger partial charge on any atom is 0.194 e. The van der Waals surface area contributed by atoms with Crippen LogP contribution in [0.25, 0.3) is 11.1 Å². The van der Waals surface area contributed by atoms with Crippen LogP contribution in [-0.2, 0) is 6.54 Å². The first kappa shape index (κ1) is 11.2. The van der Waals surface area contributed by atoms with Gasteiger partial charge in [-0.3, -0.25) is 4.99 Å². The van der Waals surface area contributed by atoms with Crippen molar-refractivity contribution in [2.75, 3.05) is 5.32 Å². The van der Waals surface area contributed by atoms with Gasteiger partial charge in [0.25, 0.3) is 0 Å². The van der Waals surface area contributed by atoms with Gasteiger partial charge in [0.2, 0.25) is 0 Å². The number of aryl methyl sites for hydroxylation is 1. The average Bonchev–Trinajstić information content (AvgIpc) is 3.05. The van der Waals surface area contributed by atoms with Crippen LogP contribution in [-0.4, -0.2) is 16.2 Å². The third kappa shape index (κ3) is 1.75. The van der Waals surface area contributed by atoms with Gasteiger partial charge in [-0.2, -0.15) is 0 Å². The Morgan fingerprint density at radius 3 is 3.10 bits per heavy atom. The first-order chi connectivity index (χ1) is 9.79. The van der Waals surface area contributed by atoms with Crippen molar-refractivity contribution in [1.82, 2.24) is 9.97 Å². The molecule has 0 unspecified atom stereocenters. The number of hydrogen-bond donors (Lipinski definition) is 1. The van der Waals surface area contributed by atoms with Gasteiger partial charge in [0.15, 0.2) is 11.4 Å². The molecule has 0 radical (unpaired) electrons. The Morgan fingerprint density at radius 1 is 1.20 bits per heavy atom. The molecule has 0 fully saturated rings.